The number of carbonyl (C=O) groups is 2. The Morgan fingerprint density at radius 1 is 0.962 bits per heavy atom. The second-order valence-corrected chi connectivity index (χ2v) is 14.4. The molecule has 7 nitrogen and oxygen atoms in total. The number of rotatable bonds is 10. The zero-order valence-electron chi connectivity index (χ0n) is 28.4. The predicted molar refractivity (Wildman–Crippen MR) is 189 cm³/mol. The number of benzene rings is 3. The van der Waals surface area contributed by atoms with Crippen molar-refractivity contribution in [3.05, 3.63) is 105 Å². The van der Waals surface area contributed by atoms with Gasteiger partial charge in [0.1, 0.15) is 18.1 Å². The Hall–Kier alpha value is -4.08. The molecule has 53 heavy (non-hydrogen) atoms. The summed E-state index contributed by atoms with van der Waals surface area (Å²) >= 11 is 3.42. The van der Waals surface area contributed by atoms with Crippen LogP contribution >= 0.6 is 15.9 Å². The van der Waals surface area contributed by atoms with Crippen LogP contribution in [-0.4, -0.2) is 41.8 Å². The SMILES string of the molecule is CCC/C(=C\c1cc(Br)ccc1O)CC[C@H]1OB(O)C[C@H]2C1=C(COc1ccccc1)C[C@H]1C(=O)N(c3cc(C(F)(F)F)cc(C(F)(F)F)c3)C(=O)[C@H]12. The van der Waals surface area contributed by atoms with Crippen LogP contribution in [0.2, 0.25) is 6.32 Å². The van der Waals surface area contributed by atoms with Gasteiger partial charge >= 0.3 is 19.5 Å². The van der Waals surface area contributed by atoms with Crippen LogP contribution in [0.25, 0.3) is 6.08 Å². The van der Waals surface area contributed by atoms with Crippen LogP contribution in [0, 0.1) is 17.8 Å². The highest BCUT2D eigenvalue weighted by atomic mass is 79.9. The number of anilines is 1. The van der Waals surface area contributed by atoms with E-state index in [9.17, 15) is 46.1 Å². The number of carbonyl (C=O) groups excluding carboxylic acids is 2. The van der Waals surface area contributed by atoms with Gasteiger partial charge in [-0.05, 0) is 97.6 Å². The summed E-state index contributed by atoms with van der Waals surface area (Å²) in [5.41, 5.74) is -1.33. The molecule has 2 aliphatic heterocycles. The van der Waals surface area contributed by atoms with Gasteiger partial charge in [0.05, 0.1) is 34.8 Å². The Balaban J connectivity index is 1.38. The lowest BCUT2D eigenvalue weighted by atomic mass is 9.58. The number of imide groups is 1. The Morgan fingerprint density at radius 2 is 1.64 bits per heavy atom. The molecule has 0 spiro atoms. The maximum atomic E-state index is 14.2. The first-order valence-electron chi connectivity index (χ1n) is 17.1. The van der Waals surface area contributed by atoms with E-state index < -0.39 is 72.0 Å². The van der Waals surface area contributed by atoms with E-state index in [0.29, 0.717) is 58.8 Å². The first kappa shape index (κ1) is 38.6. The van der Waals surface area contributed by atoms with Gasteiger partial charge in [-0.1, -0.05) is 59.1 Å². The fourth-order valence-electron chi connectivity index (χ4n) is 7.67. The van der Waals surface area contributed by atoms with Crippen LogP contribution in [-0.2, 0) is 26.6 Å². The summed E-state index contributed by atoms with van der Waals surface area (Å²) in [5.74, 6) is -4.40. The fraction of sp³-hybridized carbons (Fsp3) is 0.368. The van der Waals surface area contributed by atoms with Crippen molar-refractivity contribution in [2.24, 2.45) is 17.8 Å². The number of allylic oxidation sites excluding steroid dienone is 1. The maximum Gasteiger partial charge on any atom is 0.455 e. The highest BCUT2D eigenvalue weighted by molar-refractivity contribution is 9.10. The molecule has 280 valence electrons. The molecule has 1 aliphatic carbocycles. The van der Waals surface area contributed by atoms with Gasteiger partial charge in [-0.2, -0.15) is 26.3 Å². The van der Waals surface area contributed by atoms with Gasteiger partial charge in [-0.25, -0.2) is 4.90 Å². The Labute approximate surface area is 310 Å². The molecule has 2 amide bonds. The molecule has 2 fully saturated rings. The summed E-state index contributed by atoms with van der Waals surface area (Å²) in [7, 11) is -1.38. The number of para-hydroxylation sites is 1. The van der Waals surface area contributed by atoms with Gasteiger partial charge in [0.25, 0.3) is 0 Å². The van der Waals surface area contributed by atoms with E-state index >= 15 is 0 Å². The number of alkyl halides is 6. The van der Waals surface area contributed by atoms with Crippen molar-refractivity contribution < 1.29 is 55.5 Å². The number of fused-ring (bicyclic) bond motifs is 3. The minimum Gasteiger partial charge on any atom is -0.507 e. The van der Waals surface area contributed by atoms with E-state index in [1.54, 1.807) is 48.5 Å². The van der Waals surface area contributed by atoms with Gasteiger partial charge in [0.15, 0.2) is 0 Å². The van der Waals surface area contributed by atoms with E-state index in [1.807, 2.05) is 13.0 Å². The molecule has 2 saturated heterocycles. The number of hydrogen-bond acceptors (Lipinski definition) is 6. The molecule has 0 aromatic heterocycles. The second-order valence-electron chi connectivity index (χ2n) is 13.5. The topological polar surface area (TPSA) is 96.3 Å². The van der Waals surface area contributed by atoms with Crippen molar-refractivity contribution in [3.8, 4) is 11.5 Å². The Bertz CT molecular complexity index is 1900. The van der Waals surface area contributed by atoms with Crippen LogP contribution in [0.4, 0.5) is 32.0 Å². The third kappa shape index (κ3) is 8.37. The highest BCUT2D eigenvalue weighted by Gasteiger charge is 2.58. The van der Waals surface area contributed by atoms with Crippen LogP contribution in [0.3, 0.4) is 0 Å². The van der Waals surface area contributed by atoms with Crippen molar-refractivity contribution in [3.63, 3.8) is 0 Å². The number of hydrogen-bond donors (Lipinski definition) is 2. The van der Waals surface area contributed by atoms with Crippen molar-refractivity contribution in [2.75, 3.05) is 11.5 Å². The standard InChI is InChI=1S/C38H35BBrF6NO6/c1-2-6-21(13-22-14-26(40)10-11-31(22)48)9-12-32-33-23(20-52-28-7-4-3-5-8-28)15-29-34(30(33)19-39(51)53-32)36(50)47(35(29)49)27-17-24(37(41,42)43)16-25(18-27)38(44,45)46/h3-5,7-8,10-11,13-14,16-18,29-30,32,34,48,51H,2,6,9,12,15,19-20H2,1H3/b21-13+/t29-,30+,32-,34-/m1/s1. The summed E-state index contributed by atoms with van der Waals surface area (Å²) in [6.45, 7) is 1.96. The summed E-state index contributed by atoms with van der Waals surface area (Å²) in [6.07, 6.45) is -7.21. The molecular weight excluding hydrogens is 771 g/mol. The molecule has 2 N–H and O–H groups in total. The largest absolute Gasteiger partial charge is 0.507 e. The molecule has 3 aliphatic rings. The lowest BCUT2D eigenvalue weighted by molar-refractivity contribution is -0.143. The predicted octanol–water partition coefficient (Wildman–Crippen LogP) is 9.24. The van der Waals surface area contributed by atoms with E-state index in [-0.39, 0.29) is 31.2 Å². The average molecular weight is 806 g/mol. The number of ether oxygens (including phenoxy) is 1. The van der Waals surface area contributed by atoms with Crippen molar-refractivity contribution >= 4 is 46.6 Å². The van der Waals surface area contributed by atoms with Crippen LogP contribution in [0.15, 0.2) is 87.9 Å². The number of amides is 2. The quantitative estimate of drug-likeness (QED) is 0.0919. The molecule has 0 unspecified atom stereocenters. The van der Waals surface area contributed by atoms with Gasteiger partial charge in [-0.3, -0.25) is 9.59 Å². The minimum absolute atomic E-state index is 0.0398. The van der Waals surface area contributed by atoms with E-state index in [4.69, 9.17) is 9.39 Å². The molecule has 4 atom stereocenters. The van der Waals surface area contributed by atoms with Crippen LogP contribution < -0.4 is 9.64 Å². The molecular formula is C38H35BBrF6NO6. The number of nitrogens with zero attached hydrogens (tertiary/aromatic N) is 1. The second kappa shape index (κ2) is 15.3. The average Bonchev–Trinajstić information content (AvgIpc) is 3.35. The fourth-order valence-corrected chi connectivity index (χ4v) is 8.05. The lowest BCUT2D eigenvalue weighted by Crippen LogP contribution is -2.46. The molecule has 0 saturated carbocycles. The minimum atomic E-state index is -5.19. The Morgan fingerprint density at radius 3 is 2.28 bits per heavy atom. The van der Waals surface area contributed by atoms with Gasteiger partial charge < -0.3 is 19.5 Å². The van der Waals surface area contributed by atoms with Gasteiger partial charge in [0, 0.05) is 10.0 Å². The van der Waals surface area contributed by atoms with Crippen molar-refractivity contribution in [1.29, 1.82) is 0 Å². The monoisotopic (exact) mass is 805 g/mol. The molecule has 6 rings (SSSR count). The summed E-state index contributed by atoms with van der Waals surface area (Å²) < 4.78 is 95.7. The number of halogens is 7. The highest BCUT2D eigenvalue weighted by Crippen LogP contribution is 2.52. The number of phenols is 1. The van der Waals surface area contributed by atoms with E-state index in [0.717, 1.165) is 16.5 Å². The van der Waals surface area contributed by atoms with Gasteiger partial charge in [0.2, 0.25) is 11.8 Å². The Kier molecular flexibility index (Phi) is 11.2. The molecule has 0 bridgehead atoms. The normalized spacial score (nSPS) is 22.3. The summed E-state index contributed by atoms with van der Waals surface area (Å²) in [4.78, 5) is 28.6. The molecule has 3 aromatic carbocycles. The first-order chi connectivity index (χ1) is 25.0. The molecule has 15 heteroatoms. The zero-order chi connectivity index (χ0) is 38.2. The van der Waals surface area contributed by atoms with E-state index in [2.05, 4.69) is 15.9 Å². The van der Waals surface area contributed by atoms with E-state index in [1.165, 1.54) is 0 Å². The maximum absolute atomic E-state index is 14.2. The first-order valence-corrected chi connectivity index (χ1v) is 17.9. The van der Waals surface area contributed by atoms with Gasteiger partial charge in [-0.15, -0.1) is 0 Å². The lowest BCUT2D eigenvalue weighted by Gasteiger charge is -2.43. The molecule has 0 radical (unpaired) electrons. The summed E-state index contributed by atoms with van der Waals surface area (Å²) in [6, 6.07) is 14.5. The zero-order valence-corrected chi connectivity index (χ0v) is 30.0. The van der Waals surface area contributed by atoms with Crippen molar-refractivity contribution in [1.82, 2.24) is 0 Å². The molecule has 3 aromatic rings. The smallest absolute Gasteiger partial charge is 0.455 e. The number of phenolic OH excluding ortho intramolecular Hbond substituents is 1. The third-order valence-electron chi connectivity index (χ3n) is 9.94. The summed E-state index contributed by atoms with van der Waals surface area (Å²) in [5, 5.41) is 21.5. The van der Waals surface area contributed by atoms with Crippen LogP contribution in [0.5, 0.6) is 11.5 Å². The van der Waals surface area contributed by atoms with Crippen LogP contribution in [0.1, 0.15) is 55.7 Å². The molecule has 2 heterocycles. The van der Waals surface area contributed by atoms with Crippen molar-refractivity contribution in [2.45, 2.75) is 63.8 Å². The number of aromatic hydroxyl groups is 1. The third-order valence-corrected chi connectivity index (χ3v) is 10.4.